The van der Waals surface area contributed by atoms with Gasteiger partial charge in [0.05, 0.1) is 5.69 Å². The molecule has 3 N–H and O–H groups in total. The van der Waals surface area contributed by atoms with Crippen LogP contribution in [0.1, 0.15) is 37.9 Å². The van der Waals surface area contributed by atoms with E-state index in [9.17, 15) is 0 Å². The summed E-state index contributed by atoms with van der Waals surface area (Å²) in [7, 11) is 0. The molecule has 1 aromatic heterocycles. The van der Waals surface area contributed by atoms with E-state index >= 15 is 0 Å². The number of rotatable bonds is 3. The second-order valence-corrected chi connectivity index (χ2v) is 6.64. The van der Waals surface area contributed by atoms with Crippen LogP contribution in [-0.2, 0) is 11.8 Å². The summed E-state index contributed by atoms with van der Waals surface area (Å²) in [5.41, 5.74) is 4.19. The van der Waals surface area contributed by atoms with Crippen molar-refractivity contribution in [2.75, 3.05) is 5.43 Å². The minimum absolute atomic E-state index is 0.104. The molecule has 0 fully saturated rings. The summed E-state index contributed by atoms with van der Waals surface area (Å²) in [4.78, 5) is 8.98. The van der Waals surface area contributed by atoms with Crippen LogP contribution >= 0.6 is 23.2 Å². The number of hydrogen-bond acceptors (Lipinski definition) is 4. The monoisotopic (exact) mass is 324 g/mol. The van der Waals surface area contributed by atoms with Crippen molar-refractivity contribution in [1.29, 1.82) is 0 Å². The Morgan fingerprint density at radius 2 is 1.76 bits per heavy atom. The number of anilines is 1. The van der Waals surface area contributed by atoms with Gasteiger partial charge in [0.1, 0.15) is 11.6 Å². The molecule has 0 saturated carbocycles. The van der Waals surface area contributed by atoms with E-state index in [1.807, 2.05) is 12.1 Å². The van der Waals surface area contributed by atoms with Crippen molar-refractivity contribution in [1.82, 2.24) is 9.97 Å². The molecular formula is C15H18Cl2N4. The normalized spacial score (nSPS) is 11.5. The molecule has 112 valence electrons. The Morgan fingerprint density at radius 1 is 1.14 bits per heavy atom. The number of nitrogens with one attached hydrogen (secondary N) is 1. The molecular weight excluding hydrogens is 307 g/mol. The molecule has 0 bridgehead atoms. The lowest BCUT2D eigenvalue weighted by Crippen LogP contribution is -2.18. The predicted molar refractivity (Wildman–Crippen MR) is 87.8 cm³/mol. The summed E-state index contributed by atoms with van der Waals surface area (Å²) in [6, 6.07) is 7.27. The first kappa shape index (κ1) is 16.0. The molecule has 21 heavy (non-hydrogen) atoms. The summed E-state index contributed by atoms with van der Waals surface area (Å²) in [5, 5.41) is 1.21. The highest BCUT2D eigenvalue weighted by molar-refractivity contribution is 6.36. The largest absolute Gasteiger partial charge is 0.308 e. The molecule has 1 aromatic carbocycles. The Morgan fingerprint density at radius 3 is 2.29 bits per heavy atom. The molecule has 2 rings (SSSR count). The number of nitrogens with zero attached hydrogens (tertiary/aromatic N) is 2. The minimum Gasteiger partial charge on any atom is -0.308 e. The van der Waals surface area contributed by atoms with Crippen LogP contribution in [0.15, 0.2) is 24.3 Å². The predicted octanol–water partition coefficient (Wildman–Crippen LogP) is 3.96. The Hall–Kier alpha value is -1.36. The van der Waals surface area contributed by atoms with Crippen molar-refractivity contribution in [3.8, 4) is 0 Å². The summed E-state index contributed by atoms with van der Waals surface area (Å²) in [6.45, 7) is 6.26. The van der Waals surface area contributed by atoms with Crippen LogP contribution in [0.25, 0.3) is 0 Å². The van der Waals surface area contributed by atoms with Crippen molar-refractivity contribution in [3.63, 3.8) is 0 Å². The summed E-state index contributed by atoms with van der Waals surface area (Å²) >= 11 is 12.4. The number of nitrogens with two attached hydrogens (primary N) is 1. The lowest BCUT2D eigenvalue weighted by Gasteiger charge is -2.19. The topological polar surface area (TPSA) is 63.8 Å². The zero-order valence-corrected chi connectivity index (χ0v) is 13.8. The van der Waals surface area contributed by atoms with Gasteiger partial charge in [0.25, 0.3) is 0 Å². The summed E-state index contributed by atoms with van der Waals surface area (Å²) in [5.74, 6) is 6.70. The number of aromatic nitrogens is 2. The van der Waals surface area contributed by atoms with Crippen LogP contribution in [-0.4, -0.2) is 9.97 Å². The van der Waals surface area contributed by atoms with Crippen LogP contribution < -0.4 is 11.3 Å². The maximum absolute atomic E-state index is 6.20. The van der Waals surface area contributed by atoms with E-state index in [4.69, 9.17) is 29.0 Å². The van der Waals surface area contributed by atoms with Crippen LogP contribution in [0, 0.1) is 0 Å². The molecule has 0 amide bonds. The molecule has 0 saturated heterocycles. The molecule has 0 radical (unpaired) electrons. The van der Waals surface area contributed by atoms with Gasteiger partial charge >= 0.3 is 0 Å². The molecule has 0 unspecified atom stereocenters. The van der Waals surface area contributed by atoms with Crippen molar-refractivity contribution in [3.05, 3.63) is 51.4 Å². The van der Waals surface area contributed by atoms with Crippen LogP contribution in [0.5, 0.6) is 0 Å². The van der Waals surface area contributed by atoms with E-state index in [0.717, 1.165) is 11.3 Å². The Labute approximate surface area is 134 Å². The molecule has 0 aliphatic carbocycles. The number of nitrogen functional groups attached to an aromatic ring is 1. The highest BCUT2D eigenvalue weighted by Gasteiger charge is 2.18. The average molecular weight is 325 g/mol. The molecule has 0 spiro atoms. The first-order valence-corrected chi connectivity index (χ1v) is 7.35. The fourth-order valence-corrected chi connectivity index (χ4v) is 2.42. The van der Waals surface area contributed by atoms with Crippen molar-refractivity contribution in [2.24, 2.45) is 5.84 Å². The number of hydrazine groups is 1. The Kier molecular flexibility index (Phi) is 4.71. The van der Waals surface area contributed by atoms with Gasteiger partial charge < -0.3 is 5.43 Å². The summed E-state index contributed by atoms with van der Waals surface area (Å²) < 4.78 is 0. The Balaban J connectivity index is 2.45. The number of hydrogen-bond donors (Lipinski definition) is 2. The maximum Gasteiger partial charge on any atom is 0.143 e. The standard InChI is InChI=1S/C15H18Cl2N4/c1-15(2,3)12-8-14(21-18)20-13(19-12)7-9-10(16)5-4-6-11(9)17/h4-6,8H,7,18H2,1-3H3,(H,19,20,21). The molecule has 4 nitrogen and oxygen atoms in total. The van der Waals surface area contributed by atoms with Gasteiger partial charge in [-0.1, -0.05) is 50.0 Å². The van der Waals surface area contributed by atoms with E-state index in [-0.39, 0.29) is 5.41 Å². The third-order valence-corrected chi connectivity index (χ3v) is 3.79. The second kappa shape index (κ2) is 6.18. The SMILES string of the molecule is CC(C)(C)c1cc(NN)nc(Cc2c(Cl)cccc2Cl)n1. The third-order valence-electron chi connectivity index (χ3n) is 3.09. The van der Waals surface area contributed by atoms with Gasteiger partial charge in [0, 0.05) is 27.9 Å². The zero-order valence-electron chi connectivity index (χ0n) is 12.2. The molecule has 0 atom stereocenters. The fraction of sp³-hybridized carbons (Fsp3) is 0.333. The van der Waals surface area contributed by atoms with Gasteiger partial charge in [-0.25, -0.2) is 15.8 Å². The first-order chi connectivity index (χ1) is 9.81. The molecule has 0 aliphatic rings. The number of halogens is 2. The van der Waals surface area contributed by atoms with Crippen molar-refractivity contribution in [2.45, 2.75) is 32.6 Å². The highest BCUT2D eigenvalue weighted by Crippen LogP contribution is 2.27. The molecule has 1 heterocycles. The van der Waals surface area contributed by atoms with Gasteiger partial charge in [0.15, 0.2) is 0 Å². The molecule has 0 aliphatic heterocycles. The quantitative estimate of drug-likeness (QED) is 0.662. The van der Waals surface area contributed by atoms with Crippen molar-refractivity contribution >= 4 is 29.0 Å². The van der Waals surface area contributed by atoms with Gasteiger partial charge in [-0.2, -0.15) is 0 Å². The van der Waals surface area contributed by atoms with E-state index < -0.39 is 0 Å². The van der Waals surface area contributed by atoms with Gasteiger partial charge in [-0.05, 0) is 17.7 Å². The van der Waals surface area contributed by atoms with Gasteiger partial charge in [-0.3, -0.25) is 0 Å². The van der Waals surface area contributed by atoms with E-state index in [1.165, 1.54) is 0 Å². The molecule has 2 aromatic rings. The second-order valence-electron chi connectivity index (χ2n) is 5.83. The first-order valence-electron chi connectivity index (χ1n) is 6.59. The van der Waals surface area contributed by atoms with Gasteiger partial charge in [-0.15, -0.1) is 0 Å². The van der Waals surface area contributed by atoms with Crippen LogP contribution in [0.4, 0.5) is 5.82 Å². The smallest absolute Gasteiger partial charge is 0.143 e. The fourth-order valence-electron chi connectivity index (χ4n) is 1.89. The lowest BCUT2D eigenvalue weighted by molar-refractivity contribution is 0.563. The maximum atomic E-state index is 6.20. The van der Waals surface area contributed by atoms with Gasteiger partial charge in [0.2, 0.25) is 0 Å². The van der Waals surface area contributed by atoms with E-state index in [1.54, 1.807) is 12.1 Å². The van der Waals surface area contributed by atoms with E-state index in [2.05, 4.69) is 36.2 Å². The third kappa shape index (κ3) is 3.84. The summed E-state index contributed by atoms with van der Waals surface area (Å²) in [6.07, 6.45) is 0.455. The Bertz CT molecular complexity index is 630. The highest BCUT2D eigenvalue weighted by atomic mass is 35.5. The molecule has 6 heteroatoms. The van der Waals surface area contributed by atoms with Crippen LogP contribution in [0.3, 0.4) is 0 Å². The lowest BCUT2D eigenvalue weighted by atomic mass is 9.92. The van der Waals surface area contributed by atoms with E-state index in [0.29, 0.717) is 28.1 Å². The average Bonchev–Trinajstić information content (AvgIpc) is 2.42. The number of benzene rings is 1. The van der Waals surface area contributed by atoms with Crippen molar-refractivity contribution < 1.29 is 0 Å². The minimum atomic E-state index is -0.104. The zero-order chi connectivity index (χ0) is 15.6. The van der Waals surface area contributed by atoms with Crippen LogP contribution in [0.2, 0.25) is 10.0 Å².